The lowest BCUT2D eigenvalue weighted by atomic mass is 10.0. The highest BCUT2D eigenvalue weighted by atomic mass is 32.2. The van der Waals surface area contributed by atoms with Crippen molar-refractivity contribution in [3.63, 3.8) is 0 Å². The van der Waals surface area contributed by atoms with Crippen LogP contribution in [0.5, 0.6) is 0 Å². The number of carboxylic acid groups (broad SMARTS) is 2. The molecule has 0 radical (unpaired) electrons. The highest BCUT2D eigenvalue weighted by Gasteiger charge is 2.32. The van der Waals surface area contributed by atoms with Gasteiger partial charge in [0.2, 0.25) is 17.7 Å². The SMILES string of the molecule is CSCCC(NC(=O)C(CCC(=O)O)NC(=O)C(Cc1c[nH]c2ccccc12)NC(=O)C1CCCN1)C(=O)O. The summed E-state index contributed by atoms with van der Waals surface area (Å²) in [5, 5.41) is 30.4. The zero-order valence-electron chi connectivity index (χ0n) is 21.7. The molecule has 13 heteroatoms. The second-order valence-electron chi connectivity index (χ2n) is 9.45. The number of aromatic amines is 1. The zero-order valence-corrected chi connectivity index (χ0v) is 22.5. The van der Waals surface area contributed by atoms with Gasteiger partial charge in [-0.2, -0.15) is 11.8 Å². The molecule has 0 saturated carbocycles. The van der Waals surface area contributed by atoms with E-state index in [1.165, 1.54) is 11.8 Å². The lowest BCUT2D eigenvalue weighted by Gasteiger charge is -2.25. The van der Waals surface area contributed by atoms with Crippen LogP contribution in [0.4, 0.5) is 0 Å². The standard InChI is InChI=1S/C26H35N5O7S/c1-39-12-10-20(26(37)38)30-24(35)19(8-9-22(32)33)29-25(36)21(31-23(34)18-7-4-11-27-18)13-15-14-28-17-6-3-2-5-16(15)17/h2-3,5-6,14,18-21,27-28H,4,7-13H2,1H3,(H,29,36)(H,30,35)(H,31,34)(H,32,33)(H,37,38). The van der Waals surface area contributed by atoms with E-state index in [2.05, 4.69) is 26.3 Å². The maximum atomic E-state index is 13.5. The summed E-state index contributed by atoms with van der Waals surface area (Å²) >= 11 is 1.42. The number of thioether (sulfide) groups is 1. The van der Waals surface area contributed by atoms with E-state index < -0.39 is 54.3 Å². The van der Waals surface area contributed by atoms with Crippen LogP contribution >= 0.6 is 11.8 Å². The van der Waals surface area contributed by atoms with Crippen molar-refractivity contribution in [2.75, 3.05) is 18.6 Å². The molecular weight excluding hydrogens is 526 g/mol. The number of carboxylic acids is 2. The first-order chi connectivity index (χ1) is 18.7. The topological polar surface area (TPSA) is 190 Å². The lowest BCUT2D eigenvalue weighted by Crippen LogP contribution is -2.57. The minimum atomic E-state index is -1.31. The molecule has 4 atom stereocenters. The number of hydrogen-bond donors (Lipinski definition) is 7. The van der Waals surface area contributed by atoms with Gasteiger partial charge in [0.15, 0.2) is 0 Å². The number of rotatable bonds is 15. The Balaban J connectivity index is 1.80. The first kappa shape index (κ1) is 30.0. The number of hydrogen-bond acceptors (Lipinski definition) is 7. The number of aromatic nitrogens is 1. The third-order valence-electron chi connectivity index (χ3n) is 6.61. The van der Waals surface area contributed by atoms with Gasteiger partial charge in [-0.25, -0.2) is 4.79 Å². The molecule has 1 aromatic heterocycles. The van der Waals surface area contributed by atoms with E-state index >= 15 is 0 Å². The molecule has 12 nitrogen and oxygen atoms in total. The van der Waals surface area contributed by atoms with Gasteiger partial charge in [-0.15, -0.1) is 0 Å². The molecule has 1 saturated heterocycles. The Morgan fingerprint density at radius 2 is 1.72 bits per heavy atom. The molecule has 2 aromatic rings. The number of amides is 3. The molecule has 1 aliphatic rings. The van der Waals surface area contributed by atoms with Crippen molar-refractivity contribution in [3.05, 3.63) is 36.0 Å². The van der Waals surface area contributed by atoms with Crippen LogP contribution in [0.1, 0.15) is 37.7 Å². The molecule has 7 N–H and O–H groups in total. The van der Waals surface area contributed by atoms with Gasteiger partial charge in [0.05, 0.1) is 6.04 Å². The van der Waals surface area contributed by atoms with Crippen LogP contribution in [0.15, 0.2) is 30.5 Å². The number of H-pyrrole nitrogens is 1. The Morgan fingerprint density at radius 1 is 1.00 bits per heavy atom. The fourth-order valence-electron chi connectivity index (χ4n) is 4.48. The van der Waals surface area contributed by atoms with Gasteiger partial charge in [-0.1, -0.05) is 18.2 Å². The van der Waals surface area contributed by atoms with Gasteiger partial charge < -0.3 is 36.5 Å². The van der Waals surface area contributed by atoms with Crippen molar-refractivity contribution in [2.45, 2.75) is 62.7 Å². The van der Waals surface area contributed by atoms with Crippen LogP contribution in [-0.4, -0.2) is 87.6 Å². The average molecular weight is 562 g/mol. The summed E-state index contributed by atoms with van der Waals surface area (Å²) in [5.41, 5.74) is 1.64. The Morgan fingerprint density at radius 3 is 2.38 bits per heavy atom. The summed E-state index contributed by atoms with van der Waals surface area (Å²) in [6.07, 6.45) is 4.62. The van der Waals surface area contributed by atoms with Crippen molar-refractivity contribution in [1.29, 1.82) is 0 Å². The van der Waals surface area contributed by atoms with E-state index in [0.717, 1.165) is 22.9 Å². The van der Waals surface area contributed by atoms with E-state index in [-0.39, 0.29) is 25.2 Å². The second kappa shape index (κ2) is 14.5. The second-order valence-corrected chi connectivity index (χ2v) is 10.4. The van der Waals surface area contributed by atoms with Gasteiger partial charge in [0, 0.05) is 29.9 Å². The minimum absolute atomic E-state index is 0.118. The Kier molecular flexibility index (Phi) is 11.2. The maximum Gasteiger partial charge on any atom is 0.326 e. The minimum Gasteiger partial charge on any atom is -0.481 e. The molecule has 1 fully saturated rings. The Hall–Kier alpha value is -3.58. The maximum absolute atomic E-state index is 13.5. The molecule has 4 unspecified atom stereocenters. The van der Waals surface area contributed by atoms with Crippen molar-refractivity contribution in [2.24, 2.45) is 0 Å². The molecule has 39 heavy (non-hydrogen) atoms. The predicted molar refractivity (Wildman–Crippen MR) is 146 cm³/mol. The zero-order chi connectivity index (χ0) is 28.4. The van der Waals surface area contributed by atoms with Gasteiger partial charge >= 0.3 is 11.9 Å². The smallest absolute Gasteiger partial charge is 0.326 e. The van der Waals surface area contributed by atoms with Crippen molar-refractivity contribution >= 4 is 52.3 Å². The number of carbonyl (C=O) groups excluding carboxylic acids is 3. The van der Waals surface area contributed by atoms with Crippen molar-refractivity contribution in [3.8, 4) is 0 Å². The predicted octanol–water partition coefficient (Wildman–Crippen LogP) is 0.619. The van der Waals surface area contributed by atoms with E-state index in [1.807, 2.05) is 24.3 Å². The number of benzene rings is 1. The third-order valence-corrected chi connectivity index (χ3v) is 7.26. The fraction of sp³-hybridized carbons (Fsp3) is 0.500. The molecule has 3 amide bonds. The molecule has 2 heterocycles. The summed E-state index contributed by atoms with van der Waals surface area (Å²) in [5.74, 6) is -3.73. The molecule has 0 spiro atoms. The monoisotopic (exact) mass is 561 g/mol. The van der Waals surface area contributed by atoms with E-state index in [1.54, 1.807) is 12.5 Å². The molecule has 212 valence electrons. The largest absolute Gasteiger partial charge is 0.481 e. The summed E-state index contributed by atoms with van der Waals surface area (Å²) in [6.45, 7) is 0.691. The van der Waals surface area contributed by atoms with E-state index in [0.29, 0.717) is 18.7 Å². The van der Waals surface area contributed by atoms with Crippen LogP contribution in [0.2, 0.25) is 0 Å². The number of fused-ring (bicyclic) bond motifs is 1. The van der Waals surface area contributed by atoms with E-state index in [9.17, 15) is 34.2 Å². The van der Waals surface area contributed by atoms with Gasteiger partial charge in [-0.05, 0) is 55.9 Å². The van der Waals surface area contributed by atoms with Crippen LogP contribution in [-0.2, 0) is 30.4 Å². The van der Waals surface area contributed by atoms with Gasteiger partial charge in [0.1, 0.15) is 18.1 Å². The van der Waals surface area contributed by atoms with Crippen molar-refractivity contribution in [1.82, 2.24) is 26.3 Å². The normalized spacial score (nSPS) is 17.2. The number of nitrogens with one attached hydrogen (secondary N) is 5. The summed E-state index contributed by atoms with van der Waals surface area (Å²) in [7, 11) is 0. The highest BCUT2D eigenvalue weighted by Crippen LogP contribution is 2.19. The fourth-order valence-corrected chi connectivity index (χ4v) is 4.96. The number of para-hydroxylation sites is 1. The first-order valence-electron chi connectivity index (χ1n) is 12.8. The summed E-state index contributed by atoms with van der Waals surface area (Å²) in [4.78, 5) is 65.5. The lowest BCUT2D eigenvalue weighted by molar-refractivity contribution is -0.143. The molecule has 1 aliphatic heterocycles. The molecular formula is C26H35N5O7S. The van der Waals surface area contributed by atoms with Crippen LogP contribution < -0.4 is 21.3 Å². The molecule has 0 bridgehead atoms. The Labute approximate surface area is 230 Å². The molecule has 1 aromatic carbocycles. The van der Waals surface area contributed by atoms with Crippen LogP contribution in [0.25, 0.3) is 10.9 Å². The van der Waals surface area contributed by atoms with Crippen molar-refractivity contribution < 1.29 is 34.2 Å². The number of carbonyl (C=O) groups is 5. The first-order valence-corrected chi connectivity index (χ1v) is 14.2. The average Bonchev–Trinajstić information content (AvgIpc) is 3.59. The molecule has 0 aliphatic carbocycles. The third kappa shape index (κ3) is 8.72. The van der Waals surface area contributed by atoms with Crippen LogP contribution in [0.3, 0.4) is 0 Å². The number of aliphatic carboxylic acids is 2. The van der Waals surface area contributed by atoms with Gasteiger partial charge in [0.25, 0.3) is 0 Å². The Bertz CT molecular complexity index is 1180. The van der Waals surface area contributed by atoms with Crippen LogP contribution in [0, 0.1) is 0 Å². The summed E-state index contributed by atoms with van der Waals surface area (Å²) < 4.78 is 0. The highest BCUT2D eigenvalue weighted by molar-refractivity contribution is 7.98. The summed E-state index contributed by atoms with van der Waals surface area (Å²) in [6, 6.07) is 3.50. The van der Waals surface area contributed by atoms with Gasteiger partial charge in [-0.3, -0.25) is 19.2 Å². The quantitative estimate of drug-likeness (QED) is 0.163. The molecule has 3 rings (SSSR count). The van der Waals surface area contributed by atoms with E-state index in [4.69, 9.17) is 0 Å².